The van der Waals surface area contributed by atoms with Crippen molar-refractivity contribution in [3.8, 4) is 11.5 Å². The van der Waals surface area contributed by atoms with Gasteiger partial charge in [-0.3, -0.25) is 9.62 Å². The Hall–Kier alpha value is -5.11. The number of anilines is 4. The Morgan fingerprint density at radius 2 is 1.55 bits per heavy atom. The molecule has 0 aliphatic heterocycles. The lowest BCUT2D eigenvalue weighted by molar-refractivity contribution is -0.113. The standard InChI is InChI=1S/C30H34N6O7S/c1-30(2,3)36(29(38)39)21(18-37)17-31-19-9-8-10-24(15-19)44(40,41)35-28-27(33-25-11-6-7-12-26(25)34-28)32-20-13-22(42-4)16-23(14-20)43-5/h6-16,18,21,31H,17H2,1-5H3,(H,32,33)(H,34,35)(H,38,39). The molecule has 0 bridgehead atoms. The summed E-state index contributed by atoms with van der Waals surface area (Å²) in [5.41, 5.74) is 1.06. The lowest BCUT2D eigenvalue weighted by Gasteiger charge is -2.37. The van der Waals surface area contributed by atoms with Crippen molar-refractivity contribution < 1.29 is 32.6 Å². The second-order valence-corrected chi connectivity index (χ2v) is 12.4. The van der Waals surface area contributed by atoms with Crippen molar-refractivity contribution in [3.63, 3.8) is 0 Å². The number of sulfonamides is 1. The highest BCUT2D eigenvalue weighted by Crippen LogP contribution is 2.31. The summed E-state index contributed by atoms with van der Waals surface area (Å²) in [5, 5.41) is 15.7. The number of carbonyl (C=O) groups is 2. The van der Waals surface area contributed by atoms with Crippen LogP contribution in [-0.4, -0.2) is 73.1 Å². The molecule has 1 unspecified atom stereocenters. The average molecular weight is 623 g/mol. The summed E-state index contributed by atoms with van der Waals surface area (Å²) in [6.45, 7) is 4.97. The summed E-state index contributed by atoms with van der Waals surface area (Å²) >= 11 is 0. The van der Waals surface area contributed by atoms with Crippen LogP contribution in [0.4, 0.5) is 27.8 Å². The predicted octanol–water partition coefficient (Wildman–Crippen LogP) is 4.95. The number of methoxy groups -OCH3 is 2. The molecule has 0 aliphatic carbocycles. The van der Waals surface area contributed by atoms with Crippen LogP contribution in [0.5, 0.6) is 11.5 Å². The van der Waals surface area contributed by atoms with Crippen molar-refractivity contribution in [3.05, 3.63) is 66.7 Å². The maximum atomic E-state index is 13.6. The Morgan fingerprint density at radius 1 is 0.932 bits per heavy atom. The number of para-hydroxylation sites is 2. The fraction of sp³-hybridized carbons (Fsp3) is 0.267. The van der Waals surface area contributed by atoms with Gasteiger partial charge in [0.25, 0.3) is 10.0 Å². The molecule has 0 fully saturated rings. The van der Waals surface area contributed by atoms with Gasteiger partial charge in [-0.15, -0.1) is 0 Å². The molecule has 14 heteroatoms. The lowest BCUT2D eigenvalue weighted by Crippen LogP contribution is -2.54. The third-order valence-corrected chi connectivity index (χ3v) is 7.83. The predicted molar refractivity (Wildman–Crippen MR) is 168 cm³/mol. The van der Waals surface area contributed by atoms with E-state index in [2.05, 4.69) is 25.3 Å². The van der Waals surface area contributed by atoms with Gasteiger partial charge >= 0.3 is 6.09 Å². The number of amides is 1. The van der Waals surface area contributed by atoms with Crippen molar-refractivity contribution in [2.24, 2.45) is 0 Å². The first kappa shape index (κ1) is 31.8. The van der Waals surface area contributed by atoms with Gasteiger partial charge in [0.1, 0.15) is 23.8 Å². The zero-order chi connectivity index (χ0) is 32.1. The van der Waals surface area contributed by atoms with E-state index < -0.39 is 27.7 Å². The molecule has 1 aromatic heterocycles. The van der Waals surface area contributed by atoms with Crippen LogP contribution in [0.15, 0.2) is 71.6 Å². The van der Waals surface area contributed by atoms with E-state index in [1.807, 2.05) is 0 Å². The van der Waals surface area contributed by atoms with E-state index in [4.69, 9.17) is 9.47 Å². The molecule has 4 rings (SSSR count). The van der Waals surface area contributed by atoms with Gasteiger partial charge in [-0.2, -0.15) is 0 Å². The van der Waals surface area contributed by atoms with Gasteiger partial charge in [-0.1, -0.05) is 18.2 Å². The number of nitrogens with one attached hydrogen (secondary N) is 3. The fourth-order valence-corrected chi connectivity index (χ4v) is 5.54. The Labute approximate surface area is 255 Å². The van der Waals surface area contributed by atoms with Crippen LogP contribution in [0.25, 0.3) is 11.0 Å². The van der Waals surface area contributed by atoms with Gasteiger partial charge in [0.15, 0.2) is 11.6 Å². The highest BCUT2D eigenvalue weighted by atomic mass is 32.2. The number of hydrogen-bond acceptors (Lipinski definition) is 10. The minimum Gasteiger partial charge on any atom is -0.497 e. The van der Waals surface area contributed by atoms with Gasteiger partial charge in [0.2, 0.25) is 0 Å². The second-order valence-electron chi connectivity index (χ2n) is 10.7. The van der Waals surface area contributed by atoms with E-state index in [1.54, 1.807) is 69.3 Å². The minimum absolute atomic E-state index is 0.0489. The molecule has 3 aromatic carbocycles. The molecule has 44 heavy (non-hydrogen) atoms. The van der Waals surface area contributed by atoms with Crippen LogP contribution in [0.3, 0.4) is 0 Å². The summed E-state index contributed by atoms with van der Waals surface area (Å²) in [6, 6.07) is 17.0. The molecule has 1 atom stereocenters. The van der Waals surface area contributed by atoms with Gasteiger partial charge in [-0.25, -0.2) is 23.2 Å². The number of aromatic nitrogens is 2. The summed E-state index contributed by atoms with van der Waals surface area (Å²) in [4.78, 5) is 33.7. The van der Waals surface area contributed by atoms with Crippen LogP contribution in [0.2, 0.25) is 0 Å². The number of benzene rings is 3. The Morgan fingerprint density at radius 3 is 2.09 bits per heavy atom. The Bertz CT molecular complexity index is 1750. The molecule has 0 saturated carbocycles. The number of rotatable bonds is 12. The van der Waals surface area contributed by atoms with E-state index in [0.717, 1.165) is 4.90 Å². The smallest absolute Gasteiger partial charge is 0.408 e. The SMILES string of the molecule is COc1cc(Nc2nc3ccccc3nc2NS(=O)(=O)c2cccc(NCC(C=O)N(C(=O)O)C(C)(C)C)c2)cc(OC)c1. The topological polar surface area (TPSA) is 172 Å². The van der Waals surface area contributed by atoms with Crippen LogP contribution >= 0.6 is 0 Å². The molecular weight excluding hydrogens is 588 g/mol. The second kappa shape index (κ2) is 13.0. The first-order valence-electron chi connectivity index (χ1n) is 13.5. The van der Waals surface area contributed by atoms with Gasteiger partial charge in [0, 0.05) is 41.7 Å². The van der Waals surface area contributed by atoms with E-state index in [9.17, 15) is 23.1 Å². The fourth-order valence-electron chi connectivity index (χ4n) is 4.48. The summed E-state index contributed by atoms with van der Waals surface area (Å²) in [6.07, 6.45) is -0.704. The highest BCUT2D eigenvalue weighted by Gasteiger charge is 2.33. The molecule has 4 aromatic rings. The highest BCUT2D eigenvalue weighted by molar-refractivity contribution is 7.92. The normalized spacial score (nSPS) is 12.2. The Balaban J connectivity index is 1.64. The van der Waals surface area contributed by atoms with Crippen molar-refractivity contribution in [1.82, 2.24) is 14.9 Å². The molecule has 0 saturated heterocycles. The molecule has 13 nitrogen and oxygen atoms in total. The van der Waals surface area contributed by atoms with Gasteiger partial charge < -0.3 is 30.0 Å². The minimum atomic E-state index is -4.20. The molecule has 0 aliphatic rings. The van der Waals surface area contributed by atoms with Crippen molar-refractivity contribution in [2.45, 2.75) is 37.2 Å². The van der Waals surface area contributed by atoms with Crippen LogP contribution < -0.4 is 24.8 Å². The molecule has 4 N–H and O–H groups in total. The van der Waals surface area contributed by atoms with E-state index in [1.165, 1.54) is 32.4 Å². The molecule has 1 heterocycles. The molecule has 1 amide bonds. The van der Waals surface area contributed by atoms with E-state index >= 15 is 0 Å². The monoisotopic (exact) mass is 622 g/mol. The lowest BCUT2D eigenvalue weighted by atomic mass is 10.0. The van der Waals surface area contributed by atoms with E-state index in [0.29, 0.717) is 40.2 Å². The van der Waals surface area contributed by atoms with Crippen molar-refractivity contribution >= 4 is 56.4 Å². The zero-order valence-electron chi connectivity index (χ0n) is 24.9. The quantitative estimate of drug-likeness (QED) is 0.158. The third kappa shape index (κ3) is 7.45. The summed E-state index contributed by atoms with van der Waals surface area (Å²) in [7, 11) is -1.16. The summed E-state index contributed by atoms with van der Waals surface area (Å²) in [5.74, 6) is 1.12. The molecular formula is C30H34N6O7S. The van der Waals surface area contributed by atoms with Crippen LogP contribution in [0.1, 0.15) is 20.8 Å². The van der Waals surface area contributed by atoms with Gasteiger partial charge in [-0.05, 0) is 51.1 Å². The number of carboxylic acid groups (broad SMARTS) is 1. The maximum Gasteiger partial charge on any atom is 0.408 e. The van der Waals surface area contributed by atoms with Crippen molar-refractivity contribution in [1.29, 1.82) is 0 Å². The molecule has 232 valence electrons. The maximum absolute atomic E-state index is 13.6. The summed E-state index contributed by atoms with van der Waals surface area (Å²) < 4.78 is 40.4. The number of hydrogen-bond donors (Lipinski definition) is 4. The first-order valence-corrected chi connectivity index (χ1v) is 14.9. The first-order chi connectivity index (χ1) is 20.8. The third-order valence-electron chi connectivity index (χ3n) is 6.49. The number of nitrogens with zero attached hydrogens (tertiary/aromatic N) is 3. The largest absolute Gasteiger partial charge is 0.497 e. The van der Waals surface area contributed by atoms with E-state index in [-0.39, 0.29) is 23.1 Å². The van der Waals surface area contributed by atoms with Crippen LogP contribution in [-0.2, 0) is 14.8 Å². The molecule has 0 radical (unpaired) electrons. The number of carbonyl (C=O) groups excluding carboxylic acids is 1. The average Bonchev–Trinajstić information content (AvgIpc) is 2.98. The Kier molecular flexibility index (Phi) is 9.43. The number of fused-ring (bicyclic) bond motifs is 1. The molecule has 0 spiro atoms. The number of ether oxygens (including phenoxy) is 2. The van der Waals surface area contributed by atoms with Gasteiger partial charge in [0.05, 0.1) is 30.1 Å². The zero-order valence-corrected chi connectivity index (χ0v) is 25.7. The number of aldehydes is 1. The van der Waals surface area contributed by atoms with Crippen molar-refractivity contribution in [2.75, 3.05) is 36.1 Å². The van der Waals surface area contributed by atoms with Crippen LogP contribution in [0, 0.1) is 0 Å².